The zero-order valence-corrected chi connectivity index (χ0v) is 14.0. The first-order valence-electron chi connectivity index (χ1n) is 8.64. The maximum absolute atomic E-state index is 13.9. The average Bonchev–Trinajstić information content (AvgIpc) is 3.29. The molecule has 0 amide bonds. The Labute approximate surface area is 145 Å². The number of hydrogen-bond donors (Lipinski definition) is 0. The lowest BCUT2D eigenvalue weighted by Gasteiger charge is -2.31. The minimum absolute atomic E-state index is 0.258. The first-order chi connectivity index (χ1) is 12.3. The molecule has 0 saturated carbocycles. The van der Waals surface area contributed by atoms with Crippen LogP contribution in [0.25, 0.3) is 5.69 Å². The summed E-state index contributed by atoms with van der Waals surface area (Å²) >= 11 is 0. The second-order valence-corrected chi connectivity index (χ2v) is 6.55. The van der Waals surface area contributed by atoms with Gasteiger partial charge in [-0.15, -0.1) is 5.10 Å². The van der Waals surface area contributed by atoms with E-state index in [1.54, 1.807) is 23.0 Å². The lowest BCUT2D eigenvalue weighted by molar-refractivity contribution is 0.162. The van der Waals surface area contributed by atoms with Gasteiger partial charge in [-0.3, -0.25) is 9.58 Å². The average molecular weight is 340 g/mol. The zero-order valence-electron chi connectivity index (χ0n) is 14.0. The number of nitrogens with zero attached hydrogens (tertiary/aromatic N) is 6. The van der Waals surface area contributed by atoms with Crippen LogP contribution in [0.5, 0.6) is 0 Å². The van der Waals surface area contributed by atoms with E-state index >= 15 is 0 Å². The number of halogens is 1. The van der Waals surface area contributed by atoms with Gasteiger partial charge < -0.3 is 0 Å². The normalized spacial score (nSPS) is 16.4. The van der Waals surface area contributed by atoms with Gasteiger partial charge in [0.25, 0.3) is 0 Å². The van der Waals surface area contributed by atoms with Crippen LogP contribution in [0, 0.1) is 11.7 Å². The van der Waals surface area contributed by atoms with Crippen molar-refractivity contribution in [2.24, 2.45) is 5.92 Å². The van der Waals surface area contributed by atoms with E-state index in [0.29, 0.717) is 11.6 Å². The minimum Gasteiger partial charge on any atom is -0.297 e. The number of hydrogen-bond acceptors (Lipinski definition) is 4. The van der Waals surface area contributed by atoms with Gasteiger partial charge in [-0.2, -0.15) is 5.10 Å². The van der Waals surface area contributed by atoms with E-state index < -0.39 is 0 Å². The van der Waals surface area contributed by atoms with E-state index in [0.717, 1.165) is 44.7 Å². The standard InChI is InChI=1S/C18H21FN6/c19-17-3-1-2-4-18(17)25-11-7-16(21-25)14-23-9-5-15(6-10-23)13-24-12-8-20-22-24/h1-4,7-8,11-12,15H,5-6,9-10,13-14H2. The minimum atomic E-state index is -0.258. The van der Waals surface area contributed by atoms with E-state index in [4.69, 9.17) is 0 Å². The smallest absolute Gasteiger partial charge is 0.148 e. The van der Waals surface area contributed by atoms with Crippen molar-refractivity contribution in [3.8, 4) is 5.69 Å². The van der Waals surface area contributed by atoms with Gasteiger partial charge in [0, 0.05) is 25.5 Å². The molecule has 7 heteroatoms. The Morgan fingerprint density at radius 2 is 1.92 bits per heavy atom. The lowest BCUT2D eigenvalue weighted by atomic mass is 9.97. The Balaban J connectivity index is 1.32. The molecule has 0 aliphatic carbocycles. The summed E-state index contributed by atoms with van der Waals surface area (Å²) < 4.78 is 17.4. The molecule has 1 aliphatic heterocycles. The fourth-order valence-corrected chi connectivity index (χ4v) is 3.37. The molecule has 25 heavy (non-hydrogen) atoms. The summed E-state index contributed by atoms with van der Waals surface area (Å²) in [6, 6.07) is 8.67. The van der Waals surface area contributed by atoms with Crippen LogP contribution >= 0.6 is 0 Å². The molecule has 6 nitrogen and oxygen atoms in total. The molecule has 0 radical (unpaired) electrons. The maximum atomic E-state index is 13.9. The third kappa shape index (κ3) is 3.76. The van der Waals surface area contributed by atoms with E-state index in [1.807, 2.05) is 29.2 Å². The maximum Gasteiger partial charge on any atom is 0.148 e. The molecule has 0 unspecified atom stereocenters. The molecule has 0 atom stereocenters. The van der Waals surface area contributed by atoms with E-state index in [1.165, 1.54) is 6.07 Å². The highest BCUT2D eigenvalue weighted by Crippen LogP contribution is 2.20. The first kappa shape index (κ1) is 16.0. The van der Waals surface area contributed by atoms with Crippen LogP contribution in [-0.4, -0.2) is 42.8 Å². The fraction of sp³-hybridized carbons (Fsp3) is 0.389. The Morgan fingerprint density at radius 3 is 2.68 bits per heavy atom. The van der Waals surface area contributed by atoms with Crippen LogP contribution in [0.3, 0.4) is 0 Å². The molecule has 0 bridgehead atoms. The summed E-state index contributed by atoms with van der Waals surface area (Å²) in [4.78, 5) is 2.41. The van der Waals surface area contributed by atoms with Crippen molar-refractivity contribution in [1.29, 1.82) is 0 Å². The summed E-state index contributed by atoms with van der Waals surface area (Å²) in [7, 11) is 0. The van der Waals surface area contributed by atoms with Crippen LogP contribution in [0.2, 0.25) is 0 Å². The Bertz CT molecular complexity index is 805. The van der Waals surface area contributed by atoms with Crippen molar-refractivity contribution in [2.75, 3.05) is 13.1 Å². The fourth-order valence-electron chi connectivity index (χ4n) is 3.37. The molecule has 4 rings (SSSR count). The van der Waals surface area contributed by atoms with Crippen LogP contribution in [0.1, 0.15) is 18.5 Å². The number of benzene rings is 1. The molecule has 1 saturated heterocycles. The van der Waals surface area contributed by atoms with Gasteiger partial charge in [0.15, 0.2) is 0 Å². The first-order valence-corrected chi connectivity index (χ1v) is 8.64. The predicted octanol–water partition coefficient (Wildman–Crippen LogP) is 2.52. The molecular formula is C18H21FN6. The highest BCUT2D eigenvalue weighted by atomic mass is 19.1. The number of piperidine rings is 1. The quantitative estimate of drug-likeness (QED) is 0.716. The number of likely N-dealkylation sites (tertiary alicyclic amines) is 1. The van der Waals surface area contributed by atoms with Crippen molar-refractivity contribution in [2.45, 2.75) is 25.9 Å². The van der Waals surface area contributed by atoms with Gasteiger partial charge in [0.1, 0.15) is 11.5 Å². The number of aromatic nitrogens is 5. The van der Waals surface area contributed by atoms with Gasteiger partial charge in [-0.25, -0.2) is 9.07 Å². The Morgan fingerprint density at radius 1 is 1.08 bits per heavy atom. The summed E-state index contributed by atoms with van der Waals surface area (Å²) in [6.45, 7) is 3.84. The molecule has 3 aromatic rings. The Kier molecular flexibility index (Phi) is 4.56. The topological polar surface area (TPSA) is 51.8 Å². The van der Waals surface area contributed by atoms with Gasteiger partial charge in [-0.05, 0) is 50.0 Å². The van der Waals surface area contributed by atoms with Crippen molar-refractivity contribution < 1.29 is 4.39 Å². The highest BCUT2D eigenvalue weighted by Gasteiger charge is 2.20. The summed E-state index contributed by atoms with van der Waals surface area (Å²) in [5, 5.41) is 12.4. The summed E-state index contributed by atoms with van der Waals surface area (Å²) in [5.41, 5.74) is 1.46. The molecule has 3 heterocycles. The molecule has 1 aliphatic rings. The second kappa shape index (κ2) is 7.14. The third-order valence-electron chi connectivity index (χ3n) is 4.75. The van der Waals surface area contributed by atoms with Crippen LogP contribution in [0.4, 0.5) is 4.39 Å². The van der Waals surface area contributed by atoms with Crippen molar-refractivity contribution in [1.82, 2.24) is 29.7 Å². The molecule has 2 aromatic heterocycles. The van der Waals surface area contributed by atoms with Crippen LogP contribution in [0.15, 0.2) is 48.9 Å². The second-order valence-electron chi connectivity index (χ2n) is 6.55. The number of rotatable bonds is 5. The van der Waals surface area contributed by atoms with Gasteiger partial charge in [-0.1, -0.05) is 17.3 Å². The highest BCUT2D eigenvalue weighted by molar-refractivity contribution is 5.32. The molecule has 130 valence electrons. The molecular weight excluding hydrogens is 319 g/mol. The van der Waals surface area contributed by atoms with Crippen molar-refractivity contribution in [3.05, 3.63) is 60.4 Å². The van der Waals surface area contributed by atoms with Gasteiger partial charge in [0.05, 0.1) is 11.9 Å². The van der Waals surface area contributed by atoms with Crippen LogP contribution in [-0.2, 0) is 13.1 Å². The monoisotopic (exact) mass is 340 g/mol. The predicted molar refractivity (Wildman–Crippen MR) is 91.5 cm³/mol. The molecule has 0 spiro atoms. The van der Waals surface area contributed by atoms with Crippen molar-refractivity contribution >= 4 is 0 Å². The third-order valence-corrected chi connectivity index (χ3v) is 4.75. The van der Waals surface area contributed by atoms with E-state index in [-0.39, 0.29) is 5.82 Å². The Hall–Kier alpha value is -2.54. The summed E-state index contributed by atoms with van der Waals surface area (Å²) in [5.74, 6) is 0.389. The molecule has 1 aromatic carbocycles. The largest absolute Gasteiger partial charge is 0.297 e. The zero-order chi connectivity index (χ0) is 17.1. The van der Waals surface area contributed by atoms with Gasteiger partial charge >= 0.3 is 0 Å². The lowest BCUT2D eigenvalue weighted by Crippen LogP contribution is -2.34. The SMILES string of the molecule is Fc1ccccc1-n1ccc(CN2CCC(Cn3ccnn3)CC2)n1. The van der Waals surface area contributed by atoms with Gasteiger partial charge in [0.2, 0.25) is 0 Å². The molecule has 0 N–H and O–H groups in total. The summed E-state index contributed by atoms with van der Waals surface area (Å²) in [6.07, 6.45) is 7.76. The van der Waals surface area contributed by atoms with Crippen molar-refractivity contribution in [3.63, 3.8) is 0 Å². The van der Waals surface area contributed by atoms with E-state index in [2.05, 4.69) is 20.3 Å². The van der Waals surface area contributed by atoms with Crippen LogP contribution < -0.4 is 0 Å². The number of para-hydroxylation sites is 1. The van der Waals surface area contributed by atoms with E-state index in [9.17, 15) is 4.39 Å². The molecule has 1 fully saturated rings.